The Bertz CT molecular complexity index is 872. The molecular weight excluding hydrogens is 551 g/mol. The molecule has 1 rings (SSSR count). The van der Waals surface area contributed by atoms with Gasteiger partial charge in [0, 0.05) is 55.8 Å². The number of rotatable bonds is 11. The van der Waals surface area contributed by atoms with Crippen molar-refractivity contribution in [1.82, 2.24) is 4.90 Å². The number of carbonyl (C=O) groups excluding carboxylic acids is 4. The molecule has 1 aliphatic rings. The SMILES string of the molecule is CC(=O)/C=C(/C)O.CC(=O)/C=C(\C)O.COC(C)(C)CC(C)(C#N)CC(C[CH-]N1CCCC1=O)OC(C)=O.[Co]. The van der Waals surface area contributed by atoms with Gasteiger partial charge in [0.15, 0.2) is 17.5 Å². The molecule has 0 bridgehead atoms. The number of esters is 1. The van der Waals surface area contributed by atoms with Gasteiger partial charge in [0.25, 0.3) is 0 Å². The quantitative estimate of drug-likeness (QED) is 0.147. The van der Waals surface area contributed by atoms with E-state index in [1.54, 1.807) is 18.6 Å². The summed E-state index contributed by atoms with van der Waals surface area (Å²) in [5.41, 5.74) is -1.14. The van der Waals surface area contributed by atoms with Crippen molar-refractivity contribution >= 4 is 23.4 Å². The van der Waals surface area contributed by atoms with Crippen molar-refractivity contribution in [2.24, 2.45) is 5.41 Å². The summed E-state index contributed by atoms with van der Waals surface area (Å²) >= 11 is 0. The van der Waals surface area contributed by atoms with Crippen LogP contribution in [0.4, 0.5) is 0 Å². The van der Waals surface area contributed by atoms with E-state index < -0.39 is 17.1 Å². The predicted octanol–water partition coefficient (Wildman–Crippen LogP) is 4.90. The largest absolute Gasteiger partial charge is 0.512 e. The van der Waals surface area contributed by atoms with Gasteiger partial charge >= 0.3 is 5.97 Å². The third kappa shape index (κ3) is 23.0. The molecule has 1 aliphatic heterocycles. The molecule has 1 heterocycles. The van der Waals surface area contributed by atoms with Crippen molar-refractivity contribution in [3.8, 4) is 6.07 Å². The fraction of sp³-hybridized carbons (Fsp3) is 0.643. The van der Waals surface area contributed by atoms with E-state index >= 15 is 0 Å². The topological polar surface area (TPSA) is 154 Å². The molecule has 0 aromatic heterocycles. The molecule has 0 spiro atoms. The van der Waals surface area contributed by atoms with Gasteiger partial charge < -0.3 is 24.6 Å². The number of ether oxygens (including phenoxy) is 2. The summed E-state index contributed by atoms with van der Waals surface area (Å²) < 4.78 is 10.8. The fourth-order valence-corrected chi connectivity index (χ4v) is 3.77. The Labute approximate surface area is 243 Å². The van der Waals surface area contributed by atoms with E-state index in [-0.39, 0.29) is 51.7 Å². The Balaban J connectivity index is -0.000000711. The van der Waals surface area contributed by atoms with E-state index in [9.17, 15) is 24.4 Å². The fourth-order valence-electron chi connectivity index (χ4n) is 3.77. The number of amides is 1. The zero-order chi connectivity index (χ0) is 30.1. The molecule has 0 aliphatic carbocycles. The van der Waals surface area contributed by atoms with E-state index in [1.165, 1.54) is 46.8 Å². The molecule has 2 atom stereocenters. The predicted molar refractivity (Wildman–Crippen MR) is 144 cm³/mol. The van der Waals surface area contributed by atoms with Crippen LogP contribution < -0.4 is 0 Å². The smallest absolute Gasteiger partial charge is 0.302 e. The summed E-state index contributed by atoms with van der Waals surface area (Å²) in [6, 6.07) is 2.34. The zero-order valence-electron chi connectivity index (χ0n) is 24.6. The van der Waals surface area contributed by atoms with Gasteiger partial charge in [-0.15, -0.1) is 6.42 Å². The average molecular weight is 597 g/mol. The van der Waals surface area contributed by atoms with Gasteiger partial charge in [0.05, 0.1) is 34.7 Å². The molecule has 10 nitrogen and oxygen atoms in total. The summed E-state index contributed by atoms with van der Waals surface area (Å²) in [5, 5.41) is 26.4. The number of nitriles is 1. The number of hydrogen-bond donors (Lipinski definition) is 2. The molecule has 1 fully saturated rings. The third-order valence-corrected chi connectivity index (χ3v) is 5.17. The minimum absolute atomic E-state index is 0. The van der Waals surface area contributed by atoms with Gasteiger partial charge in [-0.3, -0.25) is 19.2 Å². The minimum Gasteiger partial charge on any atom is -0.512 e. The molecule has 225 valence electrons. The molecule has 11 heteroatoms. The van der Waals surface area contributed by atoms with Gasteiger partial charge in [-0.1, -0.05) is 0 Å². The first-order chi connectivity index (χ1) is 17.4. The van der Waals surface area contributed by atoms with Crippen LogP contribution in [0.1, 0.15) is 87.5 Å². The van der Waals surface area contributed by atoms with Crippen LogP contribution in [0.5, 0.6) is 0 Å². The summed E-state index contributed by atoms with van der Waals surface area (Å²) in [5.74, 6) is -0.410. The van der Waals surface area contributed by atoms with Crippen LogP contribution in [0, 0.1) is 23.3 Å². The van der Waals surface area contributed by atoms with Crippen LogP contribution in [-0.4, -0.2) is 63.9 Å². The molecule has 0 aromatic carbocycles. The van der Waals surface area contributed by atoms with Gasteiger partial charge in [0.1, 0.15) is 0 Å². The summed E-state index contributed by atoms with van der Waals surface area (Å²) in [6.45, 7) is 15.3. The van der Waals surface area contributed by atoms with E-state index in [0.29, 0.717) is 32.2 Å². The van der Waals surface area contributed by atoms with E-state index in [0.717, 1.165) is 6.42 Å². The monoisotopic (exact) mass is 596 g/mol. The third-order valence-electron chi connectivity index (χ3n) is 5.17. The number of methoxy groups -OCH3 is 1. The molecule has 0 aromatic rings. The van der Waals surface area contributed by atoms with Crippen LogP contribution in [0.15, 0.2) is 23.7 Å². The van der Waals surface area contributed by atoms with Gasteiger partial charge in [-0.2, -0.15) is 5.26 Å². The standard InChI is InChI=1S/C18H29N2O4.2C5H8O2.Co/c1-14(21)24-15(8-10-20-9-6-7-16(20)22)11-18(4,13-19)12-17(2,3)23-5;2*1-4(6)3-5(2)7;/h10,15H,6-9,11-12H2,1-5H3;2*3,6H,1-2H3;/q-1;;;/b;4-3+;4-3-;. The Hall–Kier alpha value is -2.68. The van der Waals surface area contributed by atoms with Crippen molar-refractivity contribution in [2.75, 3.05) is 13.7 Å². The normalized spacial score (nSPS) is 15.7. The van der Waals surface area contributed by atoms with Crippen molar-refractivity contribution in [1.29, 1.82) is 5.26 Å². The molecule has 0 saturated carbocycles. The van der Waals surface area contributed by atoms with Gasteiger partial charge in [-0.05, 0) is 67.9 Å². The van der Waals surface area contributed by atoms with Gasteiger partial charge in [0.2, 0.25) is 0 Å². The van der Waals surface area contributed by atoms with Crippen LogP contribution in [0.25, 0.3) is 0 Å². The van der Waals surface area contributed by atoms with Crippen LogP contribution in [-0.2, 0) is 45.4 Å². The van der Waals surface area contributed by atoms with Crippen LogP contribution >= 0.6 is 0 Å². The maximum Gasteiger partial charge on any atom is 0.302 e. The van der Waals surface area contributed by atoms with E-state index in [1.807, 2.05) is 20.8 Å². The second-order valence-electron chi connectivity index (χ2n) is 10.2. The Morgan fingerprint density at radius 3 is 1.85 bits per heavy atom. The molecule has 2 unspecified atom stereocenters. The number of ketones is 2. The van der Waals surface area contributed by atoms with Crippen LogP contribution in [0.3, 0.4) is 0 Å². The Morgan fingerprint density at radius 2 is 1.56 bits per heavy atom. The Morgan fingerprint density at radius 1 is 1.08 bits per heavy atom. The van der Waals surface area contributed by atoms with Crippen LogP contribution in [0.2, 0.25) is 0 Å². The molecule has 2 N–H and O–H groups in total. The Kier molecular flexibility index (Phi) is 21.2. The number of likely N-dealkylation sites (tertiary alicyclic amines) is 1. The second-order valence-corrected chi connectivity index (χ2v) is 10.2. The first-order valence-corrected chi connectivity index (χ1v) is 12.4. The molecule has 39 heavy (non-hydrogen) atoms. The van der Waals surface area contributed by atoms with Crippen molar-refractivity contribution in [2.45, 2.75) is 99.2 Å². The molecule has 1 amide bonds. The maximum atomic E-state index is 11.7. The maximum absolute atomic E-state index is 11.7. The number of nitrogens with zero attached hydrogens (tertiary/aromatic N) is 2. The molecule has 1 saturated heterocycles. The average Bonchev–Trinajstić information content (AvgIpc) is 3.15. The van der Waals surface area contributed by atoms with Crippen molar-refractivity contribution in [3.05, 3.63) is 30.2 Å². The second kappa shape index (κ2) is 20.3. The zero-order valence-corrected chi connectivity index (χ0v) is 25.7. The summed E-state index contributed by atoms with van der Waals surface area (Å²) in [7, 11) is 1.62. The summed E-state index contributed by atoms with van der Waals surface area (Å²) in [6.07, 6.45) is 4.66. The first kappa shape index (κ1) is 40.8. The number of aliphatic hydroxyl groups excluding tert-OH is 2. The minimum atomic E-state index is -0.692. The van der Waals surface area contributed by atoms with E-state index in [2.05, 4.69) is 6.07 Å². The van der Waals surface area contributed by atoms with Crippen molar-refractivity contribution in [3.63, 3.8) is 0 Å². The number of hydrogen-bond acceptors (Lipinski definition) is 9. The van der Waals surface area contributed by atoms with Crippen molar-refractivity contribution < 1.29 is 55.6 Å². The van der Waals surface area contributed by atoms with Gasteiger partial charge in [-0.25, -0.2) is 6.54 Å². The first-order valence-electron chi connectivity index (χ1n) is 12.4. The summed E-state index contributed by atoms with van der Waals surface area (Å²) in [4.78, 5) is 44.8. The number of allylic oxidation sites excluding steroid dienone is 4. The molecular formula is C28H45CoN2O8-. The number of aliphatic hydroxyl groups is 2. The van der Waals surface area contributed by atoms with E-state index in [4.69, 9.17) is 19.7 Å². The molecule has 1 radical (unpaired) electrons. The number of carbonyl (C=O) groups is 4.